The van der Waals surface area contributed by atoms with E-state index in [9.17, 15) is 0 Å². The molecule has 3 heteroatoms. The first kappa shape index (κ1) is 15.4. The molecule has 0 heterocycles. The summed E-state index contributed by atoms with van der Waals surface area (Å²) in [5.41, 5.74) is 11.1. The fourth-order valence-electron chi connectivity index (χ4n) is 2.69. The van der Waals surface area contributed by atoms with Gasteiger partial charge in [-0.2, -0.15) is 0 Å². The van der Waals surface area contributed by atoms with Crippen LogP contribution < -0.4 is 10.5 Å². The summed E-state index contributed by atoms with van der Waals surface area (Å²) in [5, 5.41) is 0.714. The van der Waals surface area contributed by atoms with Gasteiger partial charge < -0.3 is 10.5 Å². The van der Waals surface area contributed by atoms with Gasteiger partial charge in [0.1, 0.15) is 5.75 Å². The standard InChI is InChI=1S/C20H18ClNO/c1-23-20-9-8-15(10-14-4-2-7-18(22)11-14)12-19(20)16-5-3-6-17(21)13-16/h2-9,11-13H,10,22H2,1H3. The molecule has 0 saturated carbocycles. The van der Waals surface area contributed by atoms with Crippen molar-refractivity contribution in [1.82, 2.24) is 0 Å². The second-order valence-electron chi connectivity index (χ2n) is 5.47. The molecule has 2 N–H and O–H groups in total. The molecule has 0 bridgehead atoms. The molecular weight excluding hydrogens is 306 g/mol. The van der Waals surface area contributed by atoms with Crippen molar-refractivity contribution in [1.29, 1.82) is 0 Å². The Balaban J connectivity index is 1.99. The molecule has 3 aromatic rings. The Hall–Kier alpha value is -2.45. The van der Waals surface area contributed by atoms with Crippen LogP contribution in [0.25, 0.3) is 11.1 Å². The third-order valence-electron chi connectivity index (χ3n) is 3.76. The summed E-state index contributed by atoms with van der Waals surface area (Å²) in [5.74, 6) is 0.837. The van der Waals surface area contributed by atoms with Crippen molar-refractivity contribution >= 4 is 17.3 Å². The molecule has 0 radical (unpaired) electrons. The predicted molar refractivity (Wildman–Crippen MR) is 97.1 cm³/mol. The predicted octanol–water partition coefficient (Wildman–Crippen LogP) is 5.19. The van der Waals surface area contributed by atoms with E-state index in [1.807, 2.05) is 48.5 Å². The van der Waals surface area contributed by atoms with Crippen LogP contribution in [-0.2, 0) is 6.42 Å². The van der Waals surface area contributed by atoms with Crippen LogP contribution in [0.2, 0.25) is 5.02 Å². The van der Waals surface area contributed by atoms with Crippen molar-refractivity contribution < 1.29 is 4.74 Å². The molecule has 3 rings (SSSR count). The van der Waals surface area contributed by atoms with Crippen LogP contribution in [0.5, 0.6) is 5.75 Å². The summed E-state index contributed by atoms with van der Waals surface area (Å²) in [6, 6.07) is 22.0. The number of ether oxygens (including phenoxy) is 1. The SMILES string of the molecule is COc1ccc(Cc2cccc(N)c2)cc1-c1cccc(Cl)c1. The van der Waals surface area contributed by atoms with Crippen molar-refractivity contribution in [3.63, 3.8) is 0 Å². The number of hydrogen-bond donors (Lipinski definition) is 1. The quantitative estimate of drug-likeness (QED) is 0.671. The molecule has 0 aliphatic carbocycles. The van der Waals surface area contributed by atoms with Crippen molar-refractivity contribution in [2.45, 2.75) is 6.42 Å². The Bertz CT molecular complexity index is 829. The molecule has 0 aromatic heterocycles. The topological polar surface area (TPSA) is 35.2 Å². The van der Waals surface area contributed by atoms with Crippen molar-refractivity contribution in [3.05, 3.63) is 82.9 Å². The molecular formula is C20H18ClNO. The van der Waals surface area contributed by atoms with Gasteiger partial charge in [-0.15, -0.1) is 0 Å². The lowest BCUT2D eigenvalue weighted by atomic mass is 9.98. The van der Waals surface area contributed by atoms with Gasteiger partial charge in [-0.05, 0) is 59.5 Å². The fraction of sp³-hybridized carbons (Fsp3) is 0.100. The average molecular weight is 324 g/mol. The monoisotopic (exact) mass is 323 g/mol. The Kier molecular flexibility index (Phi) is 4.54. The highest BCUT2D eigenvalue weighted by atomic mass is 35.5. The van der Waals surface area contributed by atoms with E-state index in [2.05, 4.69) is 18.2 Å². The average Bonchev–Trinajstić information content (AvgIpc) is 2.55. The van der Waals surface area contributed by atoms with Crippen LogP contribution in [0.4, 0.5) is 5.69 Å². The van der Waals surface area contributed by atoms with Crippen LogP contribution in [0, 0.1) is 0 Å². The van der Waals surface area contributed by atoms with Gasteiger partial charge in [0.15, 0.2) is 0 Å². The second-order valence-corrected chi connectivity index (χ2v) is 5.90. The molecule has 2 nitrogen and oxygen atoms in total. The molecule has 3 aromatic carbocycles. The van der Waals surface area contributed by atoms with Crippen LogP contribution in [0.3, 0.4) is 0 Å². The third-order valence-corrected chi connectivity index (χ3v) is 3.99. The molecule has 0 aliphatic heterocycles. The molecule has 0 saturated heterocycles. The van der Waals surface area contributed by atoms with E-state index >= 15 is 0 Å². The number of methoxy groups -OCH3 is 1. The maximum Gasteiger partial charge on any atom is 0.126 e. The summed E-state index contributed by atoms with van der Waals surface area (Å²) in [4.78, 5) is 0. The largest absolute Gasteiger partial charge is 0.496 e. The Labute approximate surface area is 141 Å². The number of hydrogen-bond acceptors (Lipinski definition) is 2. The summed E-state index contributed by atoms with van der Waals surface area (Å²) < 4.78 is 5.50. The first-order valence-electron chi connectivity index (χ1n) is 7.43. The highest BCUT2D eigenvalue weighted by molar-refractivity contribution is 6.30. The van der Waals surface area contributed by atoms with E-state index in [1.165, 1.54) is 11.1 Å². The van der Waals surface area contributed by atoms with Gasteiger partial charge in [0.05, 0.1) is 7.11 Å². The van der Waals surface area contributed by atoms with Crippen molar-refractivity contribution in [3.8, 4) is 16.9 Å². The van der Waals surface area contributed by atoms with Crippen LogP contribution in [0.15, 0.2) is 66.7 Å². The van der Waals surface area contributed by atoms with Crippen molar-refractivity contribution in [2.24, 2.45) is 0 Å². The minimum absolute atomic E-state index is 0.714. The summed E-state index contributed by atoms with van der Waals surface area (Å²) in [7, 11) is 1.68. The maximum absolute atomic E-state index is 6.12. The minimum atomic E-state index is 0.714. The zero-order valence-corrected chi connectivity index (χ0v) is 13.7. The number of nitrogen functional groups attached to an aromatic ring is 1. The molecule has 0 aliphatic rings. The molecule has 0 fully saturated rings. The Morgan fingerprint density at radius 3 is 2.43 bits per heavy atom. The highest BCUT2D eigenvalue weighted by Crippen LogP contribution is 2.33. The first-order chi connectivity index (χ1) is 11.2. The van der Waals surface area contributed by atoms with E-state index < -0.39 is 0 Å². The third kappa shape index (κ3) is 3.66. The molecule has 0 amide bonds. The molecule has 0 spiro atoms. The molecule has 0 unspecified atom stereocenters. The van der Waals surface area contributed by atoms with Gasteiger partial charge in [-0.1, -0.05) is 41.9 Å². The normalized spacial score (nSPS) is 10.5. The van der Waals surface area contributed by atoms with Crippen molar-refractivity contribution in [2.75, 3.05) is 12.8 Å². The second kappa shape index (κ2) is 6.76. The fourth-order valence-corrected chi connectivity index (χ4v) is 2.88. The number of benzene rings is 3. The maximum atomic E-state index is 6.12. The molecule has 23 heavy (non-hydrogen) atoms. The molecule has 0 atom stereocenters. The number of halogens is 1. The number of nitrogens with two attached hydrogens (primary N) is 1. The summed E-state index contributed by atoms with van der Waals surface area (Å²) >= 11 is 6.12. The number of rotatable bonds is 4. The Morgan fingerprint density at radius 2 is 1.70 bits per heavy atom. The van der Waals surface area contributed by atoms with E-state index in [4.69, 9.17) is 22.1 Å². The number of anilines is 1. The van der Waals surface area contributed by atoms with E-state index in [0.717, 1.165) is 29.0 Å². The van der Waals surface area contributed by atoms with Crippen LogP contribution in [0.1, 0.15) is 11.1 Å². The Morgan fingerprint density at radius 1 is 0.913 bits per heavy atom. The van der Waals surface area contributed by atoms with Crippen LogP contribution >= 0.6 is 11.6 Å². The van der Waals surface area contributed by atoms with Crippen LogP contribution in [-0.4, -0.2) is 7.11 Å². The zero-order chi connectivity index (χ0) is 16.2. The van der Waals surface area contributed by atoms with Gasteiger partial charge in [-0.25, -0.2) is 0 Å². The van der Waals surface area contributed by atoms with E-state index in [0.29, 0.717) is 5.02 Å². The summed E-state index contributed by atoms with van der Waals surface area (Å²) in [6.45, 7) is 0. The molecule has 116 valence electrons. The van der Waals surface area contributed by atoms with Gasteiger partial charge in [0.2, 0.25) is 0 Å². The van der Waals surface area contributed by atoms with Gasteiger partial charge >= 0.3 is 0 Å². The van der Waals surface area contributed by atoms with E-state index in [1.54, 1.807) is 7.11 Å². The minimum Gasteiger partial charge on any atom is -0.496 e. The van der Waals surface area contributed by atoms with Gasteiger partial charge in [-0.3, -0.25) is 0 Å². The zero-order valence-electron chi connectivity index (χ0n) is 12.9. The van der Waals surface area contributed by atoms with Gasteiger partial charge in [0.25, 0.3) is 0 Å². The lowest BCUT2D eigenvalue weighted by Crippen LogP contribution is -1.94. The summed E-state index contributed by atoms with van der Waals surface area (Å²) in [6.07, 6.45) is 0.822. The lowest BCUT2D eigenvalue weighted by molar-refractivity contribution is 0.416. The smallest absolute Gasteiger partial charge is 0.126 e. The van der Waals surface area contributed by atoms with Gasteiger partial charge in [0, 0.05) is 16.3 Å². The lowest BCUT2D eigenvalue weighted by Gasteiger charge is -2.12. The first-order valence-corrected chi connectivity index (χ1v) is 7.81. The van der Waals surface area contributed by atoms with E-state index in [-0.39, 0.29) is 0 Å². The highest BCUT2D eigenvalue weighted by Gasteiger charge is 2.08.